The molecule has 1 heterocycles. The van der Waals surface area contributed by atoms with Crippen LogP contribution in [0.1, 0.15) is 43.5 Å². The van der Waals surface area contributed by atoms with Crippen molar-refractivity contribution in [1.82, 2.24) is 9.99 Å². The molecule has 0 unspecified atom stereocenters. The average Bonchev–Trinajstić information content (AvgIpc) is 3.62. The fraction of sp³-hybridized carbons (Fsp3) is 0.194. The Balaban J connectivity index is 1.66. The number of nitrogens with two attached hydrogens (primary N) is 1. The summed E-state index contributed by atoms with van der Waals surface area (Å²) in [6.45, 7) is 8.94. The summed E-state index contributed by atoms with van der Waals surface area (Å²) in [5, 5.41) is 1.32. The average molecular weight is 444 g/mol. The molecule has 0 radical (unpaired) electrons. The molecule has 3 heteroatoms. The summed E-state index contributed by atoms with van der Waals surface area (Å²) in [6.07, 6.45) is 21.7. The Hall–Kier alpha value is -3.78. The number of aryl methyl sites for hydroxylation is 1. The van der Waals surface area contributed by atoms with E-state index in [0.29, 0.717) is 0 Å². The fourth-order valence-corrected chi connectivity index (χ4v) is 6.26. The number of rotatable bonds is 5. The molecule has 2 aromatic rings. The molecule has 6 rings (SSSR count). The van der Waals surface area contributed by atoms with E-state index in [1.165, 1.54) is 38.9 Å². The Bertz CT molecular complexity index is 1520. The Morgan fingerprint density at radius 2 is 2.09 bits per heavy atom. The molecule has 1 aromatic heterocycles. The Morgan fingerprint density at radius 1 is 1.21 bits per heavy atom. The van der Waals surface area contributed by atoms with Crippen molar-refractivity contribution >= 4 is 27.7 Å². The van der Waals surface area contributed by atoms with Gasteiger partial charge in [0, 0.05) is 28.3 Å². The molecule has 0 fully saturated rings. The predicted molar refractivity (Wildman–Crippen MR) is 143 cm³/mol. The lowest BCUT2D eigenvalue weighted by Gasteiger charge is -2.30. The van der Waals surface area contributed by atoms with Crippen LogP contribution in [-0.4, -0.2) is 4.57 Å². The molecular weight excluding hydrogens is 414 g/mol. The first-order chi connectivity index (χ1) is 16.6. The van der Waals surface area contributed by atoms with Gasteiger partial charge in [-0.15, -0.1) is 5.73 Å². The first-order valence-electron chi connectivity index (χ1n) is 12.0. The van der Waals surface area contributed by atoms with Gasteiger partial charge in [-0.3, -0.25) is 5.84 Å². The summed E-state index contributed by atoms with van der Waals surface area (Å²) in [5.41, 5.74) is 19.4. The maximum atomic E-state index is 5.48. The van der Waals surface area contributed by atoms with E-state index >= 15 is 0 Å². The van der Waals surface area contributed by atoms with Crippen LogP contribution in [0.15, 0.2) is 102 Å². The van der Waals surface area contributed by atoms with Crippen molar-refractivity contribution in [3.8, 4) is 0 Å². The second-order valence-electron chi connectivity index (χ2n) is 9.78. The van der Waals surface area contributed by atoms with E-state index in [1.54, 1.807) is 17.3 Å². The van der Waals surface area contributed by atoms with Gasteiger partial charge in [0.25, 0.3) is 0 Å². The third-order valence-corrected chi connectivity index (χ3v) is 7.67. The van der Waals surface area contributed by atoms with Crippen molar-refractivity contribution in [3.63, 3.8) is 0 Å². The van der Waals surface area contributed by atoms with Gasteiger partial charge in [-0.2, -0.15) is 0 Å². The lowest BCUT2D eigenvalue weighted by Crippen LogP contribution is -2.19. The van der Waals surface area contributed by atoms with Crippen LogP contribution in [-0.2, 0) is 6.42 Å². The summed E-state index contributed by atoms with van der Waals surface area (Å²) in [5.74, 6) is 5.48. The SMILES string of the molecule is C=C/C(=C\C=C\NN)n1c2c(c3cc(C4=C=CC=C4)ccc31)CCC1=C2C(C)(C)C2=C1CC=C2. The molecule has 3 nitrogen and oxygen atoms in total. The summed E-state index contributed by atoms with van der Waals surface area (Å²) in [7, 11) is 0. The van der Waals surface area contributed by atoms with Crippen LogP contribution in [0.4, 0.5) is 0 Å². The largest absolute Gasteiger partial charge is 0.331 e. The molecule has 4 aliphatic carbocycles. The zero-order valence-corrected chi connectivity index (χ0v) is 19.8. The monoisotopic (exact) mass is 443 g/mol. The van der Waals surface area contributed by atoms with Crippen molar-refractivity contribution in [1.29, 1.82) is 0 Å². The second-order valence-corrected chi connectivity index (χ2v) is 9.78. The number of aromatic nitrogens is 1. The van der Waals surface area contributed by atoms with Crippen molar-refractivity contribution in [3.05, 3.63) is 119 Å². The lowest BCUT2D eigenvalue weighted by atomic mass is 9.75. The van der Waals surface area contributed by atoms with Crippen LogP contribution in [0, 0.1) is 5.41 Å². The first kappa shape index (κ1) is 20.8. The van der Waals surface area contributed by atoms with Crippen molar-refractivity contribution < 1.29 is 0 Å². The van der Waals surface area contributed by atoms with Gasteiger partial charge < -0.3 is 9.99 Å². The molecule has 34 heavy (non-hydrogen) atoms. The minimum atomic E-state index is -0.0256. The number of allylic oxidation sites excluding steroid dienone is 13. The molecule has 0 amide bonds. The highest BCUT2D eigenvalue weighted by molar-refractivity contribution is 6.00. The Morgan fingerprint density at radius 3 is 2.85 bits per heavy atom. The summed E-state index contributed by atoms with van der Waals surface area (Å²) >= 11 is 0. The topological polar surface area (TPSA) is 43.0 Å². The molecule has 0 atom stereocenters. The van der Waals surface area contributed by atoms with Crippen molar-refractivity contribution in [2.24, 2.45) is 11.3 Å². The lowest BCUT2D eigenvalue weighted by molar-refractivity contribution is 0.619. The normalized spacial score (nSPS) is 20.0. The van der Waals surface area contributed by atoms with E-state index in [2.05, 4.69) is 84.7 Å². The van der Waals surface area contributed by atoms with Crippen molar-refractivity contribution in [2.45, 2.75) is 33.1 Å². The van der Waals surface area contributed by atoms with E-state index < -0.39 is 0 Å². The van der Waals surface area contributed by atoms with Crippen LogP contribution in [0.3, 0.4) is 0 Å². The standard InChI is InChI=1S/C31H29N3/c1-4-22(11-8-18-33-32)34-28-17-14-21(20-9-5-6-10-20)19-26(28)25-16-15-24-23-12-7-13-27(23)31(2,3)29(24)30(25)34/h4-9,11,13-14,17-19,33H,1,12,15-16,32H2,2-3H3/b18-8+,22-11+. The molecule has 0 aliphatic heterocycles. The number of benzene rings is 1. The van der Waals surface area contributed by atoms with Crippen LogP contribution in [0.25, 0.3) is 27.7 Å². The van der Waals surface area contributed by atoms with E-state index in [1.807, 2.05) is 18.2 Å². The molecule has 3 N–H and O–H groups in total. The highest BCUT2D eigenvalue weighted by atomic mass is 15.2. The molecule has 0 bridgehead atoms. The highest BCUT2D eigenvalue weighted by Gasteiger charge is 2.44. The molecule has 1 aromatic carbocycles. The van der Waals surface area contributed by atoms with E-state index in [4.69, 9.17) is 5.84 Å². The van der Waals surface area contributed by atoms with Gasteiger partial charge in [0.1, 0.15) is 0 Å². The number of hydrazine groups is 1. The fourth-order valence-electron chi connectivity index (χ4n) is 6.26. The molecule has 4 aliphatic rings. The zero-order valence-electron chi connectivity index (χ0n) is 19.8. The molecule has 168 valence electrons. The van der Waals surface area contributed by atoms with Gasteiger partial charge in [-0.1, -0.05) is 44.7 Å². The van der Waals surface area contributed by atoms with E-state index in [-0.39, 0.29) is 5.41 Å². The van der Waals surface area contributed by atoms with Crippen molar-refractivity contribution in [2.75, 3.05) is 0 Å². The van der Waals surface area contributed by atoms with Gasteiger partial charge >= 0.3 is 0 Å². The van der Waals surface area contributed by atoms with Crippen LogP contribution < -0.4 is 11.3 Å². The molecule has 0 saturated carbocycles. The molecular formula is C31H29N3. The zero-order chi connectivity index (χ0) is 23.4. The van der Waals surface area contributed by atoms with Gasteiger partial charge in [0.2, 0.25) is 0 Å². The first-order valence-corrected chi connectivity index (χ1v) is 12.0. The summed E-state index contributed by atoms with van der Waals surface area (Å²) in [4.78, 5) is 0. The highest BCUT2D eigenvalue weighted by Crippen LogP contribution is 2.59. The maximum absolute atomic E-state index is 5.48. The Kier molecular flexibility index (Phi) is 4.67. The van der Waals surface area contributed by atoms with Gasteiger partial charge in [0.05, 0.1) is 11.2 Å². The van der Waals surface area contributed by atoms with E-state index in [0.717, 1.165) is 30.5 Å². The second kappa shape index (κ2) is 7.63. The van der Waals surface area contributed by atoms with Gasteiger partial charge in [-0.25, -0.2) is 0 Å². The third-order valence-electron chi connectivity index (χ3n) is 7.67. The maximum Gasteiger partial charge on any atom is 0.0544 e. The minimum absolute atomic E-state index is 0.0256. The smallest absolute Gasteiger partial charge is 0.0544 e. The number of nitrogens with zero attached hydrogens (tertiary/aromatic N) is 1. The van der Waals surface area contributed by atoms with Gasteiger partial charge in [-0.05, 0) is 95.2 Å². The van der Waals surface area contributed by atoms with Crippen LogP contribution in [0.5, 0.6) is 0 Å². The number of hydrogen-bond donors (Lipinski definition) is 2. The summed E-state index contributed by atoms with van der Waals surface area (Å²) in [6, 6.07) is 6.82. The minimum Gasteiger partial charge on any atom is -0.331 e. The molecule has 0 spiro atoms. The third kappa shape index (κ3) is 2.81. The Labute approximate surface area is 201 Å². The van der Waals surface area contributed by atoms with E-state index in [9.17, 15) is 0 Å². The van der Waals surface area contributed by atoms with Crippen LogP contribution in [0.2, 0.25) is 0 Å². The molecule has 0 saturated heterocycles. The van der Waals surface area contributed by atoms with Crippen LogP contribution >= 0.6 is 0 Å². The number of nitrogens with one attached hydrogen (secondary N) is 1. The quantitative estimate of drug-likeness (QED) is 0.232. The number of fused-ring (bicyclic) bond motifs is 5. The summed E-state index contributed by atoms with van der Waals surface area (Å²) < 4.78 is 2.42. The predicted octanol–water partition coefficient (Wildman–Crippen LogP) is 6.75. The number of hydrogen-bond acceptors (Lipinski definition) is 2. The van der Waals surface area contributed by atoms with Gasteiger partial charge in [0.15, 0.2) is 0 Å².